The Morgan fingerprint density at radius 1 is 1.00 bits per heavy atom. The first kappa shape index (κ1) is 34.1. The summed E-state index contributed by atoms with van der Waals surface area (Å²) in [5.41, 5.74) is 0.683. The van der Waals surface area contributed by atoms with Gasteiger partial charge >= 0.3 is 12.1 Å². The van der Waals surface area contributed by atoms with Crippen LogP contribution in [0.2, 0.25) is 0 Å². The molecule has 3 heterocycles. The Kier molecular flexibility index (Phi) is 10.3. The molecule has 18 heteroatoms. The number of benzene rings is 2. The number of aromatic amines is 1. The number of carbonyl (C=O) groups excluding carboxylic acids is 1. The number of para-hydroxylation sites is 1. The Hall–Kier alpha value is -5.75. The van der Waals surface area contributed by atoms with Gasteiger partial charge in [0.15, 0.2) is 5.65 Å². The van der Waals surface area contributed by atoms with Gasteiger partial charge in [0.2, 0.25) is 5.95 Å². The highest BCUT2D eigenvalue weighted by molar-refractivity contribution is 6.03. The molecule has 0 saturated carbocycles. The van der Waals surface area contributed by atoms with E-state index < -0.39 is 60.2 Å². The summed E-state index contributed by atoms with van der Waals surface area (Å²) in [5, 5.41) is 38.5. The van der Waals surface area contributed by atoms with Gasteiger partial charge in [-0.2, -0.15) is 23.3 Å². The lowest BCUT2D eigenvalue weighted by atomic mass is 10.0. The average molecular weight is 662 g/mol. The molecule has 0 bridgehead atoms. The van der Waals surface area contributed by atoms with Crippen LogP contribution in [0.25, 0.3) is 28.0 Å². The number of nitrogens with zero attached hydrogens (tertiary/aromatic N) is 4. The molecular formula is C29H24F5N7O6. The number of carboxylic acid groups (broad SMARTS) is 1. The van der Waals surface area contributed by atoms with E-state index in [1.807, 2.05) is 0 Å². The van der Waals surface area contributed by atoms with Crippen LogP contribution in [0, 0.1) is 18.6 Å². The number of H-pyrrole nitrogens is 1. The molecule has 0 atom stereocenters. The minimum Gasteiger partial charge on any atom is -0.475 e. The second-order valence-corrected chi connectivity index (χ2v) is 9.67. The third kappa shape index (κ3) is 7.74. The predicted molar refractivity (Wildman–Crippen MR) is 157 cm³/mol. The van der Waals surface area contributed by atoms with Crippen LogP contribution in [0.1, 0.15) is 16.1 Å². The number of aryl methyl sites for hydroxylation is 1. The molecule has 13 nitrogen and oxygen atoms in total. The minimum absolute atomic E-state index is 0.113. The lowest BCUT2D eigenvalue weighted by molar-refractivity contribution is -0.192. The molecule has 0 spiro atoms. The number of alkyl halides is 3. The van der Waals surface area contributed by atoms with E-state index in [1.54, 1.807) is 25.1 Å². The smallest absolute Gasteiger partial charge is 0.475 e. The van der Waals surface area contributed by atoms with Crippen LogP contribution in [0.4, 0.5) is 33.6 Å². The Labute approximate surface area is 260 Å². The van der Waals surface area contributed by atoms with Gasteiger partial charge in [0.05, 0.1) is 24.9 Å². The van der Waals surface area contributed by atoms with Crippen molar-refractivity contribution in [3.63, 3.8) is 0 Å². The summed E-state index contributed by atoms with van der Waals surface area (Å²) in [6.45, 7) is 0.865. The number of carbonyl (C=O) groups is 2. The van der Waals surface area contributed by atoms with Gasteiger partial charge in [-0.15, -0.1) is 0 Å². The maximum atomic E-state index is 14.9. The first-order valence-corrected chi connectivity index (χ1v) is 13.3. The average Bonchev–Trinajstić information content (AvgIpc) is 3.57. The second-order valence-electron chi connectivity index (χ2n) is 9.67. The molecule has 0 aliphatic heterocycles. The Bertz CT molecular complexity index is 1960. The number of aromatic nitrogens is 5. The Balaban J connectivity index is 0.000000644. The molecule has 6 N–H and O–H groups in total. The number of aliphatic carboxylic acids is 1. The zero-order chi connectivity index (χ0) is 34.5. The van der Waals surface area contributed by atoms with Crippen molar-refractivity contribution in [3.8, 4) is 16.9 Å². The minimum atomic E-state index is -5.08. The number of rotatable bonds is 8. The van der Waals surface area contributed by atoms with E-state index in [1.165, 1.54) is 24.4 Å². The molecule has 5 aromatic rings. The molecule has 47 heavy (non-hydrogen) atoms. The highest BCUT2D eigenvalue weighted by Gasteiger charge is 2.38. The summed E-state index contributed by atoms with van der Waals surface area (Å²) in [5.74, 6) is -5.26. The van der Waals surface area contributed by atoms with Crippen LogP contribution in [0.3, 0.4) is 0 Å². The lowest BCUT2D eigenvalue weighted by Crippen LogP contribution is -2.29. The molecule has 0 saturated heterocycles. The Morgan fingerprint density at radius 2 is 1.66 bits per heavy atom. The van der Waals surface area contributed by atoms with Crippen LogP contribution in [0.15, 0.2) is 65.6 Å². The van der Waals surface area contributed by atoms with Gasteiger partial charge in [-0.3, -0.25) is 19.3 Å². The maximum Gasteiger partial charge on any atom is 0.490 e. The van der Waals surface area contributed by atoms with E-state index in [0.29, 0.717) is 11.3 Å². The molecule has 0 fully saturated rings. The van der Waals surface area contributed by atoms with Crippen molar-refractivity contribution in [2.75, 3.05) is 23.8 Å². The summed E-state index contributed by atoms with van der Waals surface area (Å²) < 4.78 is 62.3. The lowest BCUT2D eigenvalue weighted by Gasteiger charge is -2.18. The molecule has 0 unspecified atom stereocenters. The number of halogens is 5. The number of carboxylic acids is 1. The zero-order valence-electron chi connectivity index (χ0n) is 24.0. The van der Waals surface area contributed by atoms with Gasteiger partial charge in [0, 0.05) is 28.9 Å². The first-order chi connectivity index (χ1) is 22.2. The number of fused-ring (bicyclic) bond motifs is 1. The summed E-state index contributed by atoms with van der Waals surface area (Å²) in [4.78, 5) is 43.4. The van der Waals surface area contributed by atoms with Gasteiger partial charge < -0.3 is 26.0 Å². The number of hydrogen-bond acceptors (Lipinski definition) is 9. The van der Waals surface area contributed by atoms with Gasteiger partial charge in [0.1, 0.15) is 23.0 Å². The second kappa shape index (κ2) is 14.1. The fraction of sp³-hybridized carbons (Fsp3) is 0.172. The van der Waals surface area contributed by atoms with Crippen LogP contribution in [-0.2, 0) is 4.79 Å². The number of aliphatic hydroxyl groups is 2. The van der Waals surface area contributed by atoms with Gasteiger partial charge in [-0.25, -0.2) is 18.6 Å². The SMILES string of the molecule is Cc1ccc(NC(=O)c2ccn[nH]2)cc1-c1nc(NC(CO)CO)nc2c1ccc(=O)n2-c1c(F)cccc1F.O=C(O)C(F)(F)F. The van der Waals surface area contributed by atoms with E-state index >= 15 is 0 Å². The van der Waals surface area contributed by atoms with Crippen LogP contribution < -0.4 is 16.2 Å². The van der Waals surface area contributed by atoms with Crippen molar-refractivity contribution >= 4 is 34.5 Å². The molecule has 0 aliphatic rings. The molecule has 2 aromatic carbocycles. The largest absolute Gasteiger partial charge is 0.490 e. The number of nitrogens with one attached hydrogen (secondary N) is 3. The van der Waals surface area contributed by atoms with Gasteiger partial charge in [-0.1, -0.05) is 12.1 Å². The van der Waals surface area contributed by atoms with E-state index in [2.05, 4.69) is 30.8 Å². The summed E-state index contributed by atoms with van der Waals surface area (Å²) in [6, 6.07) is 11.6. The third-order valence-corrected chi connectivity index (χ3v) is 6.42. The highest BCUT2D eigenvalue weighted by atomic mass is 19.4. The van der Waals surface area contributed by atoms with Crippen LogP contribution >= 0.6 is 0 Å². The van der Waals surface area contributed by atoms with Crippen molar-refractivity contribution in [2.24, 2.45) is 0 Å². The van der Waals surface area contributed by atoms with Crippen molar-refractivity contribution in [3.05, 3.63) is 94.0 Å². The van der Waals surface area contributed by atoms with Crippen molar-refractivity contribution in [2.45, 2.75) is 19.1 Å². The summed E-state index contributed by atoms with van der Waals surface area (Å²) in [6.07, 6.45) is -3.64. The highest BCUT2D eigenvalue weighted by Crippen LogP contribution is 2.33. The normalized spacial score (nSPS) is 11.3. The number of anilines is 2. The molecule has 3 aromatic heterocycles. The van der Waals surface area contributed by atoms with E-state index in [9.17, 15) is 41.8 Å². The molecule has 1 amide bonds. The van der Waals surface area contributed by atoms with E-state index in [0.717, 1.165) is 28.3 Å². The molecule has 0 aliphatic carbocycles. The van der Waals surface area contributed by atoms with Crippen molar-refractivity contribution in [1.29, 1.82) is 0 Å². The van der Waals surface area contributed by atoms with Crippen molar-refractivity contribution in [1.82, 2.24) is 24.7 Å². The maximum absolute atomic E-state index is 14.9. The fourth-order valence-corrected chi connectivity index (χ4v) is 4.17. The topological polar surface area (TPSA) is 195 Å². The quantitative estimate of drug-likeness (QED) is 0.134. The third-order valence-electron chi connectivity index (χ3n) is 6.42. The molecule has 0 radical (unpaired) electrons. The van der Waals surface area contributed by atoms with Crippen molar-refractivity contribution < 1.29 is 46.9 Å². The Morgan fingerprint density at radius 3 is 2.23 bits per heavy atom. The predicted octanol–water partition coefficient (Wildman–Crippen LogP) is 3.41. The molecule has 5 rings (SSSR count). The zero-order valence-corrected chi connectivity index (χ0v) is 24.0. The van der Waals surface area contributed by atoms with E-state index in [-0.39, 0.29) is 28.4 Å². The standard InChI is InChI=1S/C27H23F2N7O4.C2HF3O2/c1-14-5-6-15(31-26(40)21-9-10-30-35-21)11-18(14)23-17-7-8-22(39)36(24-19(28)3-2-4-20(24)29)25(17)34-27(33-23)32-16(12-37)13-38;3-2(4,5)1(6)7/h2-11,16,37-38H,12-13H2,1H3,(H,30,35)(H,31,40)(H,32,33,34);(H,6,7). The summed E-state index contributed by atoms with van der Waals surface area (Å²) >= 11 is 0. The number of hydrogen-bond donors (Lipinski definition) is 6. The van der Waals surface area contributed by atoms with Gasteiger partial charge in [-0.05, 0) is 48.9 Å². The van der Waals surface area contributed by atoms with Gasteiger partial charge in [0.25, 0.3) is 11.5 Å². The number of amides is 1. The number of aliphatic hydroxyl groups excluding tert-OH is 2. The monoisotopic (exact) mass is 661 g/mol. The fourth-order valence-electron chi connectivity index (χ4n) is 4.17. The number of pyridine rings is 1. The van der Waals surface area contributed by atoms with Crippen LogP contribution in [0.5, 0.6) is 0 Å². The van der Waals surface area contributed by atoms with Crippen LogP contribution in [-0.4, -0.2) is 77.4 Å². The summed E-state index contributed by atoms with van der Waals surface area (Å²) in [7, 11) is 0. The molecule has 246 valence electrons. The first-order valence-electron chi connectivity index (χ1n) is 13.3. The molecular weight excluding hydrogens is 637 g/mol. The van der Waals surface area contributed by atoms with E-state index in [4.69, 9.17) is 9.90 Å².